The number of phenolic OH excluding ortho intramolecular Hbond substituents is 1. The third-order valence-corrected chi connectivity index (χ3v) is 1.46. The molecule has 13 heavy (non-hydrogen) atoms. The van der Waals surface area contributed by atoms with Crippen LogP contribution in [0.15, 0.2) is 18.2 Å². The van der Waals surface area contributed by atoms with E-state index in [0.717, 1.165) is 0 Å². The van der Waals surface area contributed by atoms with E-state index < -0.39 is 5.97 Å². The second-order valence-electron chi connectivity index (χ2n) is 2.34. The highest BCUT2D eigenvalue weighted by Gasteiger charge is 2.07. The lowest BCUT2D eigenvalue weighted by atomic mass is 10.2. The summed E-state index contributed by atoms with van der Waals surface area (Å²) in [6.45, 7) is 3.55. The Balaban J connectivity index is 3.03. The van der Waals surface area contributed by atoms with Gasteiger partial charge in [0.25, 0.3) is 0 Å². The lowest BCUT2D eigenvalue weighted by Crippen LogP contribution is -1.98. The minimum absolute atomic E-state index is 0.0706. The van der Waals surface area contributed by atoms with Crippen LogP contribution < -0.4 is 4.74 Å². The van der Waals surface area contributed by atoms with Gasteiger partial charge in [-0.05, 0) is 25.1 Å². The van der Waals surface area contributed by atoms with Crippen LogP contribution in [-0.4, -0.2) is 22.8 Å². The molecule has 0 aliphatic heterocycles. The molecular formula is C9H9O4. The van der Waals surface area contributed by atoms with E-state index in [2.05, 4.69) is 6.92 Å². The van der Waals surface area contributed by atoms with E-state index in [4.69, 9.17) is 9.84 Å². The molecule has 0 saturated carbocycles. The Morgan fingerprint density at radius 3 is 2.77 bits per heavy atom. The van der Waals surface area contributed by atoms with Crippen molar-refractivity contribution in [2.75, 3.05) is 6.61 Å². The van der Waals surface area contributed by atoms with Gasteiger partial charge in [0, 0.05) is 0 Å². The van der Waals surface area contributed by atoms with E-state index in [-0.39, 0.29) is 23.7 Å². The fraction of sp³-hybridized carbons (Fsp3) is 0.111. The number of aromatic carboxylic acids is 1. The number of carboxylic acid groups (broad SMARTS) is 1. The molecule has 2 N–H and O–H groups in total. The first kappa shape index (κ1) is 9.38. The van der Waals surface area contributed by atoms with Gasteiger partial charge in [0.1, 0.15) is 0 Å². The van der Waals surface area contributed by atoms with Crippen LogP contribution in [0.3, 0.4) is 0 Å². The zero-order chi connectivity index (χ0) is 9.84. The Morgan fingerprint density at radius 2 is 2.23 bits per heavy atom. The van der Waals surface area contributed by atoms with Crippen LogP contribution in [0.5, 0.6) is 11.5 Å². The molecule has 1 radical (unpaired) electrons. The van der Waals surface area contributed by atoms with Crippen LogP contribution in [0.4, 0.5) is 0 Å². The Hall–Kier alpha value is -1.71. The average Bonchev–Trinajstić information content (AvgIpc) is 2.08. The Kier molecular flexibility index (Phi) is 2.74. The maximum Gasteiger partial charge on any atom is 0.335 e. The molecule has 0 amide bonds. The number of aromatic hydroxyl groups is 1. The van der Waals surface area contributed by atoms with E-state index in [1.807, 2.05) is 0 Å². The topological polar surface area (TPSA) is 66.8 Å². The van der Waals surface area contributed by atoms with Gasteiger partial charge in [0.15, 0.2) is 11.5 Å². The maximum atomic E-state index is 10.5. The molecule has 0 saturated heterocycles. The molecule has 0 aromatic heterocycles. The first-order chi connectivity index (χ1) is 6.15. The zero-order valence-corrected chi connectivity index (χ0v) is 6.86. The molecule has 4 heteroatoms. The molecule has 0 spiro atoms. The van der Waals surface area contributed by atoms with Gasteiger partial charge >= 0.3 is 5.97 Å². The third-order valence-electron chi connectivity index (χ3n) is 1.46. The summed E-state index contributed by atoms with van der Waals surface area (Å²) >= 11 is 0. The fourth-order valence-corrected chi connectivity index (χ4v) is 0.873. The molecular weight excluding hydrogens is 172 g/mol. The first-order valence-electron chi connectivity index (χ1n) is 3.63. The number of phenols is 1. The van der Waals surface area contributed by atoms with Gasteiger partial charge in [0.05, 0.1) is 12.2 Å². The lowest BCUT2D eigenvalue weighted by Gasteiger charge is -2.05. The van der Waals surface area contributed by atoms with Crippen LogP contribution in [0, 0.1) is 6.92 Å². The third kappa shape index (κ3) is 2.11. The second-order valence-corrected chi connectivity index (χ2v) is 2.34. The summed E-state index contributed by atoms with van der Waals surface area (Å²) in [4.78, 5) is 10.5. The normalized spacial score (nSPS) is 9.62. The molecule has 1 aromatic rings. The standard InChI is InChI=1S/C9H9O4/c1-2-13-8-5-6(9(11)12)3-4-7(8)10/h3-5,10H,1-2H2,(H,11,12). The van der Waals surface area contributed by atoms with Crippen molar-refractivity contribution < 1.29 is 19.7 Å². The second kappa shape index (κ2) is 3.80. The molecule has 1 rings (SSSR count). The number of hydrogen-bond acceptors (Lipinski definition) is 3. The van der Waals surface area contributed by atoms with Crippen LogP contribution in [-0.2, 0) is 0 Å². The molecule has 0 heterocycles. The highest BCUT2D eigenvalue weighted by atomic mass is 16.5. The highest BCUT2D eigenvalue weighted by molar-refractivity contribution is 5.88. The van der Waals surface area contributed by atoms with E-state index in [0.29, 0.717) is 0 Å². The number of rotatable bonds is 3. The van der Waals surface area contributed by atoms with Crippen LogP contribution in [0.1, 0.15) is 10.4 Å². The molecule has 0 unspecified atom stereocenters. The van der Waals surface area contributed by atoms with E-state index in [9.17, 15) is 9.90 Å². The summed E-state index contributed by atoms with van der Waals surface area (Å²) in [5, 5.41) is 17.8. The Bertz CT molecular complexity index is 319. The van der Waals surface area contributed by atoms with E-state index in [1.165, 1.54) is 18.2 Å². The minimum Gasteiger partial charge on any atom is -0.504 e. The van der Waals surface area contributed by atoms with Crippen molar-refractivity contribution >= 4 is 5.97 Å². The van der Waals surface area contributed by atoms with Crippen LogP contribution in [0.25, 0.3) is 0 Å². The average molecular weight is 181 g/mol. The van der Waals surface area contributed by atoms with Crippen molar-refractivity contribution in [2.45, 2.75) is 0 Å². The molecule has 0 aliphatic carbocycles. The molecule has 4 nitrogen and oxygen atoms in total. The lowest BCUT2D eigenvalue weighted by molar-refractivity contribution is 0.0696. The Morgan fingerprint density at radius 1 is 1.54 bits per heavy atom. The van der Waals surface area contributed by atoms with Crippen molar-refractivity contribution in [3.8, 4) is 11.5 Å². The summed E-state index contributed by atoms with van der Waals surface area (Å²) < 4.78 is 4.90. The van der Waals surface area contributed by atoms with E-state index >= 15 is 0 Å². The fourth-order valence-electron chi connectivity index (χ4n) is 0.873. The van der Waals surface area contributed by atoms with Gasteiger partial charge < -0.3 is 14.9 Å². The maximum absolute atomic E-state index is 10.5. The summed E-state index contributed by atoms with van der Waals surface area (Å²) in [6.07, 6.45) is 0. The predicted molar refractivity (Wildman–Crippen MR) is 45.9 cm³/mol. The van der Waals surface area contributed by atoms with E-state index in [1.54, 1.807) is 0 Å². The minimum atomic E-state index is -1.06. The first-order valence-corrected chi connectivity index (χ1v) is 3.63. The largest absolute Gasteiger partial charge is 0.504 e. The Labute approximate surface area is 75.4 Å². The molecule has 1 aromatic carbocycles. The number of benzene rings is 1. The van der Waals surface area contributed by atoms with Crippen molar-refractivity contribution in [3.63, 3.8) is 0 Å². The van der Waals surface area contributed by atoms with Crippen LogP contribution >= 0.6 is 0 Å². The SMILES string of the molecule is [CH2]COc1cc(C(=O)O)ccc1O. The van der Waals surface area contributed by atoms with Gasteiger partial charge in [-0.25, -0.2) is 4.79 Å². The van der Waals surface area contributed by atoms with Crippen LogP contribution in [0.2, 0.25) is 0 Å². The van der Waals surface area contributed by atoms with Gasteiger partial charge in [-0.3, -0.25) is 0 Å². The predicted octanol–water partition coefficient (Wildman–Crippen LogP) is 1.30. The summed E-state index contributed by atoms with van der Waals surface area (Å²) in [6, 6.07) is 3.82. The van der Waals surface area contributed by atoms with Crippen molar-refractivity contribution in [2.24, 2.45) is 0 Å². The van der Waals surface area contributed by atoms with Gasteiger partial charge in [0.2, 0.25) is 0 Å². The zero-order valence-electron chi connectivity index (χ0n) is 6.86. The molecule has 0 aliphatic rings. The smallest absolute Gasteiger partial charge is 0.335 e. The number of carboxylic acids is 1. The van der Waals surface area contributed by atoms with Crippen molar-refractivity contribution in [3.05, 3.63) is 30.7 Å². The van der Waals surface area contributed by atoms with Gasteiger partial charge in [-0.2, -0.15) is 0 Å². The monoisotopic (exact) mass is 181 g/mol. The highest BCUT2D eigenvalue weighted by Crippen LogP contribution is 2.26. The summed E-state index contributed by atoms with van der Waals surface area (Å²) in [5.41, 5.74) is 0.0706. The summed E-state index contributed by atoms with van der Waals surface area (Å²) in [5.74, 6) is -1.02. The van der Waals surface area contributed by atoms with Gasteiger partial charge in [-0.15, -0.1) is 0 Å². The number of ether oxygens (including phenoxy) is 1. The van der Waals surface area contributed by atoms with Gasteiger partial charge in [-0.1, -0.05) is 0 Å². The summed E-state index contributed by atoms with van der Waals surface area (Å²) in [7, 11) is 0. The number of hydrogen-bond donors (Lipinski definition) is 2. The molecule has 69 valence electrons. The van der Waals surface area contributed by atoms with Crippen molar-refractivity contribution in [1.29, 1.82) is 0 Å². The molecule has 0 fully saturated rings. The number of carbonyl (C=O) groups is 1. The molecule has 0 bridgehead atoms. The quantitative estimate of drug-likeness (QED) is 0.737. The van der Waals surface area contributed by atoms with Crippen molar-refractivity contribution in [1.82, 2.24) is 0 Å². The molecule has 0 atom stereocenters.